The monoisotopic (exact) mass is 206 g/mol. The topological polar surface area (TPSA) is 68.3 Å². The number of benzene rings is 1. The van der Waals surface area contributed by atoms with Crippen LogP contribution in [-0.2, 0) is 0 Å². The molecule has 0 aliphatic rings. The first-order valence-electron chi connectivity index (χ1n) is 4.62. The molecule has 0 radical (unpaired) electrons. The summed E-state index contributed by atoms with van der Waals surface area (Å²) in [5.74, 6) is 1.16. The number of hydrogen-bond donors (Lipinski definition) is 1. The lowest BCUT2D eigenvalue weighted by Crippen LogP contribution is -2.05. The molecule has 0 unspecified atom stereocenters. The van der Waals surface area contributed by atoms with E-state index in [9.17, 15) is 0 Å². The van der Waals surface area contributed by atoms with Crippen molar-refractivity contribution in [2.45, 2.75) is 13.0 Å². The second-order valence-corrected chi connectivity index (χ2v) is 3.15. The Hall–Kier alpha value is -1.73. The van der Waals surface area contributed by atoms with Crippen molar-refractivity contribution >= 4 is 0 Å². The highest BCUT2D eigenvalue weighted by atomic mass is 16.5. The minimum atomic E-state index is -0.0519. The van der Waals surface area contributed by atoms with E-state index in [2.05, 4.69) is 0 Å². The summed E-state index contributed by atoms with van der Waals surface area (Å²) in [6.45, 7) is 1.90. The third-order valence-electron chi connectivity index (χ3n) is 2.01. The van der Waals surface area contributed by atoms with Gasteiger partial charge in [0.05, 0.1) is 7.11 Å². The zero-order chi connectivity index (χ0) is 11.3. The summed E-state index contributed by atoms with van der Waals surface area (Å²) < 4.78 is 10.3. The lowest BCUT2D eigenvalue weighted by Gasteiger charge is -2.11. The first kappa shape index (κ1) is 11.3. The highest BCUT2D eigenvalue weighted by Crippen LogP contribution is 2.29. The summed E-state index contributed by atoms with van der Waals surface area (Å²) in [6.07, 6.45) is 0. The number of hydrogen-bond acceptors (Lipinski definition) is 4. The molecular formula is C11H14N2O2. The number of methoxy groups -OCH3 is 1. The van der Waals surface area contributed by atoms with Crippen LogP contribution < -0.4 is 15.2 Å². The molecule has 1 rings (SSSR count). The molecule has 1 atom stereocenters. The summed E-state index contributed by atoms with van der Waals surface area (Å²) in [6, 6.07) is 7.29. The molecule has 15 heavy (non-hydrogen) atoms. The fourth-order valence-electron chi connectivity index (χ4n) is 1.20. The SMILES string of the molecule is COc1cc([C@H](C)N)ccc1OCC#N. The Morgan fingerprint density at radius 2 is 2.20 bits per heavy atom. The second kappa shape index (κ2) is 5.23. The van der Waals surface area contributed by atoms with Crippen LogP contribution in [0.3, 0.4) is 0 Å². The van der Waals surface area contributed by atoms with Gasteiger partial charge in [-0.05, 0) is 24.6 Å². The molecule has 0 heterocycles. The maximum absolute atomic E-state index is 8.40. The van der Waals surface area contributed by atoms with E-state index in [0.29, 0.717) is 11.5 Å². The van der Waals surface area contributed by atoms with Gasteiger partial charge in [-0.1, -0.05) is 6.07 Å². The van der Waals surface area contributed by atoms with E-state index in [-0.39, 0.29) is 12.6 Å². The number of rotatable bonds is 4. The molecule has 0 bridgehead atoms. The van der Waals surface area contributed by atoms with Crippen LogP contribution in [-0.4, -0.2) is 13.7 Å². The van der Waals surface area contributed by atoms with E-state index >= 15 is 0 Å². The van der Waals surface area contributed by atoms with Crippen LogP contribution in [0.15, 0.2) is 18.2 Å². The molecule has 2 N–H and O–H groups in total. The molecule has 4 heteroatoms. The Bertz CT molecular complexity index is 369. The maximum Gasteiger partial charge on any atom is 0.174 e. The third-order valence-corrected chi connectivity index (χ3v) is 2.01. The van der Waals surface area contributed by atoms with E-state index in [0.717, 1.165) is 5.56 Å². The van der Waals surface area contributed by atoms with Gasteiger partial charge in [0.25, 0.3) is 0 Å². The van der Waals surface area contributed by atoms with Crippen LogP contribution in [0, 0.1) is 11.3 Å². The second-order valence-electron chi connectivity index (χ2n) is 3.15. The van der Waals surface area contributed by atoms with E-state index in [1.54, 1.807) is 13.2 Å². The van der Waals surface area contributed by atoms with Crippen LogP contribution in [0.1, 0.15) is 18.5 Å². The predicted octanol–water partition coefficient (Wildman–Crippen LogP) is 1.62. The van der Waals surface area contributed by atoms with Gasteiger partial charge in [0.1, 0.15) is 6.07 Å². The van der Waals surface area contributed by atoms with E-state index in [1.807, 2.05) is 25.1 Å². The molecule has 0 spiro atoms. The summed E-state index contributed by atoms with van der Waals surface area (Å²) in [5.41, 5.74) is 6.71. The molecule has 0 aromatic heterocycles. The Morgan fingerprint density at radius 1 is 1.47 bits per heavy atom. The molecule has 0 saturated carbocycles. The van der Waals surface area contributed by atoms with Gasteiger partial charge in [-0.2, -0.15) is 5.26 Å². The summed E-state index contributed by atoms with van der Waals surface area (Å²) in [4.78, 5) is 0. The zero-order valence-corrected chi connectivity index (χ0v) is 8.86. The average Bonchev–Trinajstić information content (AvgIpc) is 2.25. The van der Waals surface area contributed by atoms with Gasteiger partial charge < -0.3 is 15.2 Å². The predicted molar refractivity (Wildman–Crippen MR) is 56.7 cm³/mol. The highest BCUT2D eigenvalue weighted by Gasteiger charge is 2.07. The van der Waals surface area contributed by atoms with Gasteiger partial charge in [0, 0.05) is 6.04 Å². The van der Waals surface area contributed by atoms with Crippen molar-refractivity contribution < 1.29 is 9.47 Å². The molecule has 4 nitrogen and oxygen atoms in total. The Labute approximate surface area is 89.2 Å². The van der Waals surface area contributed by atoms with Crippen molar-refractivity contribution in [1.82, 2.24) is 0 Å². The smallest absolute Gasteiger partial charge is 0.174 e. The maximum atomic E-state index is 8.40. The van der Waals surface area contributed by atoms with Gasteiger partial charge in [-0.15, -0.1) is 0 Å². The van der Waals surface area contributed by atoms with Crippen LogP contribution in [0.4, 0.5) is 0 Å². The lowest BCUT2D eigenvalue weighted by atomic mass is 10.1. The molecule has 1 aromatic rings. The molecule has 0 saturated heterocycles. The van der Waals surface area contributed by atoms with Crippen LogP contribution in [0.25, 0.3) is 0 Å². The van der Waals surface area contributed by atoms with E-state index < -0.39 is 0 Å². The molecule has 0 fully saturated rings. The molecule has 1 aromatic carbocycles. The highest BCUT2D eigenvalue weighted by molar-refractivity contribution is 5.43. The first-order chi connectivity index (χ1) is 7.19. The van der Waals surface area contributed by atoms with E-state index in [4.69, 9.17) is 20.5 Å². The number of nitrogens with two attached hydrogens (primary N) is 1. The van der Waals surface area contributed by atoms with Gasteiger partial charge in [0.2, 0.25) is 0 Å². The Balaban J connectivity index is 2.94. The zero-order valence-electron chi connectivity index (χ0n) is 8.86. The molecule has 0 aliphatic heterocycles. The van der Waals surface area contributed by atoms with Crippen molar-refractivity contribution in [2.75, 3.05) is 13.7 Å². The number of nitriles is 1. The van der Waals surface area contributed by atoms with Gasteiger partial charge >= 0.3 is 0 Å². The van der Waals surface area contributed by atoms with Gasteiger partial charge in [-0.3, -0.25) is 0 Å². The van der Waals surface area contributed by atoms with Gasteiger partial charge in [0.15, 0.2) is 18.1 Å². The molecule has 0 amide bonds. The van der Waals surface area contributed by atoms with Crippen molar-refractivity contribution in [3.8, 4) is 17.6 Å². The quantitative estimate of drug-likeness (QED) is 0.812. The van der Waals surface area contributed by atoms with Crippen molar-refractivity contribution in [3.63, 3.8) is 0 Å². The average molecular weight is 206 g/mol. The van der Waals surface area contributed by atoms with Crippen molar-refractivity contribution in [2.24, 2.45) is 5.73 Å². The standard InChI is InChI=1S/C11H14N2O2/c1-8(13)9-3-4-10(15-6-5-12)11(7-9)14-2/h3-4,7-8H,6,13H2,1-2H3/t8-/m0/s1. The minimum absolute atomic E-state index is 0.00782. The van der Waals surface area contributed by atoms with Gasteiger partial charge in [-0.25, -0.2) is 0 Å². The van der Waals surface area contributed by atoms with Crippen molar-refractivity contribution in [3.05, 3.63) is 23.8 Å². The first-order valence-corrected chi connectivity index (χ1v) is 4.62. The largest absolute Gasteiger partial charge is 0.493 e. The molecule has 0 aliphatic carbocycles. The summed E-state index contributed by atoms with van der Waals surface area (Å²) in [7, 11) is 1.56. The molecule has 80 valence electrons. The third kappa shape index (κ3) is 2.86. The molecular weight excluding hydrogens is 192 g/mol. The summed E-state index contributed by atoms with van der Waals surface area (Å²) >= 11 is 0. The summed E-state index contributed by atoms with van der Waals surface area (Å²) in [5, 5.41) is 8.40. The van der Waals surface area contributed by atoms with Crippen LogP contribution >= 0.6 is 0 Å². The van der Waals surface area contributed by atoms with Crippen LogP contribution in [0.5, 0.6) is 11.5 Å². The fraction of sp³-hybridized carbons (Fsp3) is 0.364. The number of nitrogens with zero attached hydrogens (tertiary/aromatic N) is 1. The Kier molecular flexibility index (Phi) is 3.95. The van der Waals surface area contributed by atoms with Crippen molar-refractivity contribution in [1.29, 1.82) is 5.26 Å². The lowest BCUT2D eigenvalue weighted by molar-refractivity contribution is 0.329. The van der Waals surface area contributed by atoms with Crippen LogP contribution in [0.2, 0.25) is 0 Å². The minimum Gasteiger partial charge on any atom is -0.493 e. The van der Waals surface area contributed by atoms with E-state index in [1.165, 1.54) is 0 Å². The fourth-order valence-corrected chi connectivity index (χ4v) is 1.20. The number of ether oxygens (including phenoxy) is 2. The Morgan fingerprint density at radius 3 is 2.73 bits per heavy atom. The normalized spacial score (nSPS) is 11.6.